The van der Waals surface area contributed by atoms with Crippen molar-refractivity contribution in [1.29, 1.82) is 0 Å². The van der Waals surface area contributed by atoms with E-state index < -0.39 is 17.4 Å². The number of carbonyl (C=O) groups is 2. The van der Waals surface area contributed by atoms with Gasteiger partial charge in [0.2, 0.25) is 11.8 Å². The molecule has 0 aliphatic carbocycles. The molecule has 0 radical (unpaired) electrons. The van der Waals surface area contributed by atoms with Crippen LogP contribution in [0.25, 0.3) is 0 Å². The van der Waals surface area contributed by atoms with Gasteiger partial charge >= 0.3 is 0 Å². The first-order valence-corrected chi connectivity index (χ1v) is 13.9. The van der Waals surface area contributed by atoms with Crippen LogP contribution in [0, 0.1) is 5.82 Å². The van der Waals surface area contributed by atoms with E-state index in [4.69, 9.17) is 16.3 Å². The summed E-state index contributed by atoms with van der Waals surface area (Å²) in [4.78, 5) is 28.9. The minimum Gasteiger partial charge on any atom is -0.497 e. The molecule has 0 saturated carbocycles. The molecular formula is C30H34ClFN2O3S. The van der Waals surface area contributed by atoms with Gasteiger partial charge in [-0.25, -0.2) is 4.39 Å². The highest BCUT2D eigenvalue weighted by atomic mass is 35.5. The van der Waals surface area contributed by atoms with E-state index in [1.165, 1.54) is 17.8 Å². The number of nitrogens with zero attached hydrogens (tertiary/aromatic N) is 1. The third-order valence-corrected chi connectivity index (χ3v) is 7.09. The summed E-state index contributed by atoms with van der Waals surface area (Å²) in [5, 5.41) is 3.37. The Bertz CT molecular complexity index is 1210. The minimum atomic E-state index is -0.757. The van der Waals surface area contributed by atoms with E-state index in [2.05, 4.69) is 5.32 Å². The van der Waals surface area contributed by atoms with Crippen molar-refractivity contribution in [2.45, 2.75) is 51.1 Å². The zero-order valence-corrected chi connectivity index (χ0v) is 23.7. The van der Waals surface area contributed by atoms with E-state index in [0.717, 1.165) is 11.1 Å². The fraction of sp³-hybridized carbons (Fsp3) is 0.333. The average molecular weight is 557 g/mol. The third kappa shape index (κ3) is 8.77. The molecule has 0 spiro atoms. The fourth-order valence-electron chi connectivity index (χ4n) is 3.97. The van der Waals surface area contributed by atoms with Gasteiger partial charge in [0.05, 0.1) is 12.9 Å². The van der Waals surface area contributed by atoms with Crippen LogP contribution in [0.15, 0.2) is 72.8 Å². The molecule has 38 heavy (non-hydrogen) atoms. The van der Waals surface area contributed by atoms with E-state index in [1.807, 2.05) is 75.4 Å². The lowest BCUT2D eigenvalue weighted by atomic mass is 10.0. The normalized spacial score (nSPS) is 12.1. The van der Waals surface area contributed by atoms with E-state index >= 15 is 0 Å². The van der Waals surface area contributed by atoms with E-state index in [-0.39, 0.29) is 29.9 Å². The topological polar surface area (TPSA) is 58.6 Å². The number of rotatable bonds is 11. The predicted molar refractivity (Wildman–Crippen MR) is 153 cm³/mol. The molecule has 1 atom stereocenters. The third-order valence-electron chi connectivity index (χ3n) is 5.79. The molecule has 3 aromatic carbocycles. The van der Waals surface area contributed by atoms with Gasteiger partial charge in [0.25, 0.3) is 0 Å². The van der Waals surface area contributed by atoms with Crippen LogP contribution < -0.4 is 10.1 Å². The first kappa shape index (κ1) is 29.5. The molecule has 0 fully saturated rings. The van der Waals surface area contributed by atoms with Crippen molar-refractivity contribution >= 4 is 35.2 Å². The number of nitrogens with one attached hydrogen (secondary N) is 1. The quantitative estimate of drug-likeness (QED) is 0.302. The largest absolute Gasteiger partial charge is 0.497 e. The second-order valence-electron chi connectivity index (χ2n) is 10.0. The van der Waals surface area contributed by atoms with Gasteiger partial charge in [-0.3, -0.25) is 9.59 Å². The number of ether oxygens (including phenoxy) is 1. The number of amides is 2. The first-order valence-electron chi connectivity index (χ1n) is 12.4. The lowest BCUT2D eigenvalue weighted by Gasteiger charge is -2.34. The van der Waals surface area contributed by atoms with Gasteiger partial charge in [0, 0.05) is 34.8 Å². The van der Waals surface area contributed by atoms with Gasteiger partial charge in [-0.05, 0) is 56.2 Å². The van der Waals surface area contributed by atoms with Crippen LogP contribution in [0.5, 0.6) is 5.75 Å². The maximum absolute atomic E-state index is 14.3. The summed E-state index contributed by atoms with van der Waals surface area (Å²) in [7, 11) is 1.58. The molecule has 0 heterocycles. The summed E-state index contributed by atoms with van der Waals surface area (Å²) in [6, 6.07) is 20.8. The van der Waals surface area contributed by atoms with Crippen LogP contribution in [-0.2, 0) is 28.3 Å². The number of hydrogen-bond donors (Lipinski definition) is 1. The molecule has 3 rings (SSSR count). The summed E-state index contributed by atoms with van der Waals surface area (Å²) < 4.78 is 19.6. The zero-order chi connectivity index (χ0) is 27.7. The molecule has 1 N–H and O–H groups in total. The van der Waals surface area contributed by atoms with Crippen LogP contribution in [0.3, 0.4) is 0 Å². The molecular weight excluding hydrogens is 523 g/mol. The van der Waals surface area contributed by atoms with Crippen LogP contribution in [-0.4, -0.2) is 41.2 Å². The van der Waals surface area contributed by atoms with Gasteiger partial charge in [-0.15, -0.1) is 11.8 Å². The molecule has 0 saturated heterocycles. The summed E-state index contributed by atoms with van der Waals surface area (Å²) in [5.74, 6) is 0.0919. The molecule has 0 aliphatic rings. The molecule has 5 nitrogen and oxygen atoms in total. The first-order chi connectivity index (χ1) is 18.1. The fourth-order valence-corrected chi connectivity index (χ4v) is 5.22. The van der Waals surface area contributed by atoms with Crippen LogP contribution in [0.1, 0.15) is 37.5 Å². The Labute approximate surface area is 233 Å². The lowest BCUT2D eigenvalue weighted by molar-refractivity contribution is -0.140. The van der Waals surface area contributed by atoms with Crippen molar-refractivity contribution in [1.82, 2.24) is 10.2 Å². The molecule has 0 bridgehead atoms. The molecule has 8 heteroatoms. The Balaban J connectivity index is 1.91. The van der Waals surface area contributed by atoms with Gasteiger partial charge in [-0.1, -0.05) is 60.1 Å². The SMILES string of the molecule is COc1cccc(CN(C(=O)CSCc2c(F)cccc2Cl)[C@H](Cc2ccccc2)C(=O)NC(C)(C)C)c1. The van der Waals surface area contributed by atoms with E-state index in [0.29, 0.717) is 22.8 Å². The maximum atomic E-state index is 14.3. The summed E-state index contributed by atoms with van der Waals surface area (Å²) >= 11 is 7.44. The standard InChI is InChI=1S/C30H34ClFN2O3S/c1-30(2,3)33-29(36)27(17-21-10-6-5-7-11-21)34(18-22-12-8-13-23(16-22)37-4)28(35)20-38-19-24-25(31)14-9-15-26(24)32/h5-16,27H,17-20H2,1-4H3,(H,33,36)/t27-/m1/s1. The van der Waals surface area contributed by atoms with Crippen LogP contribution >= 0.6 is 23.4 Å². The summed E-state index contributed by atoms with van der Waals surface area (Å²) in [6.45, 7) is 5.94. The highest BCUT2D eigenvalue weighted by Gasteiger charge is 2.32. The predicted octanol–water partition coefficient (Wildman–Crippen LogP) is 6.28. The maximum Gasteiger partial charge on any atom is 0.243 e. The van der Waals surface area contributed by atoms with Crippen LogP contribution in [0.4, 0.5) is 4.39 Å². The molecule has 202 valence electrons. The Morgan fingerprint density at radius 1 is 1.03 bits per heavy atom. The number of benzene rings is 3. The highest BCUT2D eigenvalue weighted by Crippen LogP contribution is 2.25. The van der Waals surface area contributed by atoms with Gasteiger partial charge in [0.1, 0.15) is 17.6 Å². The average Bonchev–Trinajstić information content (AvgIpc) is 2.87. The smallest absolute Gasteiger partial charge is 0.243 e. The molecule has 0 unspecified atom stereocenters. The lowest BCUT2D eigenvalue weighted by Crippen LogP contribution is -2.54. The van der Waals surface area contributed by atoms with Gasteiger partial charge < -0.3 is 15.0 Å². The summed E-state index contributed by atoms with van der Waals surface area (Å²) in [5.41, 5.74) is 1.66. The van der Waals surface area contributed by atoms with Crippen molar-refractivity contribution < 1.29 is 18.7 Å². The van der Waals surface area contributed by atoms with Crippen LogP contribution in [0.2, 0.25) is 5.02 Å². The number of methoxy groups -OCH3 is 1. The number of carbonyl (C=O) groups excluding carboxylic acids is 2. The Kier molecular flexibility index (Phi) is 10.6. The van der Waals surface area contributed by atoms with Gasteiger partial charge in [-0.2, -0.15) is 0 Å². The second-order valence-corrected chi connectivity index (χ2v) is 11.4. The number of hydrogen-bond acceptors (Lipinski definition) is 4. The van der Waals surface area contributed by atoms with Crippen molar-refractivity contribution in [3.8, 4) is 5.75 Å². The van der Waals surface area contributed by atoms with Crippen molar-refractivity contribution in [2.75, 3.05) is 12.9 Å². The summed E-state index contributed by atoms with van der Waals surface area (Å²) in [6.07, 6.45) is 0.349. The number of thioether (sulfide) groups is 1. The van der Waals surface area contributed by atoms with E-state index in [9.17, 15) is 14.0 Å². The van der Waals surface area contributed by atoms with Crippen molar-refractivity contribution in [3.63, 3.8) is 0 Å². The Hall–Kier alpha value is -3.03. The van der Waals surface area contributed by atoms with Crippen molar-refractivity contribution in [2.24, 2.45) is 0 Å². The number of halogens is 2. The Morgan fingerprint density at radius 3 is 2.37 bits per heavy atom. The highest BCUT2D eigenvalue weighted by molar-refractivity contribution is 7.99. The molecule has 2 amide bonds. The molecule has 0 aromatic heterocycles. The van der Waals surface area contributed by atoms with E-state index in [1.54, 1.807) is 24.1 Å². The molecule has 0 aliphatic heterocycles. The second kappa shape index (κ2) is 13.7. The zero-order valence-electron chi connectivity index (χ0n) is 22.2. The minimum absolute atomic E-state index is 0.0583. The monoisotopic (exact) mass is 556 g/mol. The van der Waals surface area contributed by atoms with Crippen molar-refractivity contribution in [3.05, 3.63) is 100 Å². The molecule has 3 aromatic rings. The van der Waals surface area contributed by atoms with Gasteiger partial charge in [0.15, 0.2) is 0 Å². The Morgan fingerprint density at radius 2 is 1.71 bits per heavy atom.